The Kier molecular flexibility index (Phi) is 8.02. The van der Waals surface area contributed by atoms with E-state index in [9.17, 15) is 9.59 Å². The standard InChI is InChI=1S/C21H25N3O4/c1-4-13-27-20-8-6-5-7-19(20)23-21(26)14-28-24-15(2)17-9-11-18(12-10-17)22-16(3)25/h5-12H,4,13-14H2,1-3H3,(H,22,25)(H,23,26)/b24-15+. The molecule has 0 radical (unpaired) electrons. The van der Waals surface area contributed by atoms with Gasteiger partial charge in [0.2, 0.25) is 5.91 Å². The summed E-state index contributed by atoms with van der Waals surface area (Å²) in [5, 5.41) is 9.43. The summed E-state index contributed by atoms with van der Waals surface area (Å²) in [5.41, 5.74) is 2.74. The number of anilines is 2. The lowest BCUT2D eigenvalue weighted by atomic mass is 10.1. The van der Waals surface area contributed by atoms with Gasteiger partial charge in [-0.15, -0.1) is 0 Å². The smallest absolute Gasteiger partial charge is 0.265 e. The summed E-state index contributed by atoms with van der Waals surface area (Å²) in [7, 11) is 0. The summed E-state index contributed by atoms with van der Waals surface area (Å²) in [6, 6.07) is 14.4. The molecule has 0 saturated carbocycles. The van der Waals surface area contributed by atoms with Gasteiger partial charge in [0.05, 0.1) is 18.0 Å². The highest BCUT2D eigenvalue weighted by Crippen LogP contribution is 2.23. The first-order chi connectivity index (χ1) is 13.5. The maximum Gasteiger partial charge on any atom is 0.265 e. The molecule has 0 aromatic heterocycles. The Morgan fingerprint density at radius 3 is 2.39 bits per heavy atom. The molecule has 0 saturated heterocycles. The average molecular weight is 383 g/mol. The Bertz CT molecular complexity index is 832. The summed E-state index contributed by atoms with van der Waals surface area (Å²) >= 11 is 0. The van der Waals surface area contributed by atoms with Crippen molar-refractivity contribution in [1.29, 1.82) is 0 Å². The van der Waals surface area contributed by atoms with Crippen LogP contribution in [0.3, 0.4) is 0 Å². The summed E-state index contributed by atoms with van der Waals surface area (Å²) in [5.74, 6) is 0.163. The van der Waals surface area contributed by atoms with Crippen LogP contribution in [0, 0.1) is 0 Å². The van der Waals surface area contributed by atoms with E-state index in [0.29, 0.717) is 29.4 Å². The second-order valence-corrected chi connectivity index (χ2v) is 6.10. The van der Waals surface area contributed by atoms with Gasteiger partial charge in [0.1, 0.15) is 5.75 Å². The molecule has 148 valence electrons. The molecule has 0 aliphatic heterocycles. The van der Waals surface area contributed by atoms with Gasteiger partial charge in [0.25, 0.3) is 5.91 Å². The summed E-state index contributed by atoms with van der Waals surface area (Å²) in [4.78, 5) is 28.3. The van der Waals surface area contributed by atoms with E-state index in [4.69, 9.17) is 9.57 Å². The summed E-state index contributed by atoms with van der Waals surface area (Å²) in [6.07, 6.45) is 0.880. The highest BCUT2D eigenvalue weighted by Gasteiger charge is 2.08. The molecule has 2 aromatic carbocycles. The zero-order chi connectivity index (χ0) is 20.4. The molecule has 0 heterocycles. The number of nitrogens with one attached hydrogen (secondary N) is 2. The summed E-state index contributed by atoms with van der Waals surface area (Å²) in [6.45, 7) is 5.60. The SMILES string of the molecule is CCCOc1ccccc1NC(=O)CO/N=C(\C)c1ccc(NC(C)=O)cc1. The van der Waals surface area contributed by atoms with E-state index in [1.165, 1.54) is 6.92 Å². The van der Waals surface area contributed by atoms with Crippen LogP contribution in [0.1, 0.15) is 32.8 Å². The van der Waals surface area contributed by atoms with Crippen LogP contribution in [-0.2, 0) is 14.4 Å². The number of ether oxygens (including phenoxy) is 1. The largest absolute Gasteiger partial charge is 0.491 e. The van der Waals surface area contributed by atoms with Crippen molar-refractivity contribution in [3.05, 3.63) is 54.1 Å². The van der Waals surface area contributed by atoms with Crippen molar-refractivity contribution in [2.24, 2.45) is 5.16 Å². The maximum absolute atomic E-state index is 12.1. The fourth-order valence-electron chi connectivity index (χ4n) is 2.33. The minimum atomic E-state index is -0.329. The molecule has 7 nitrogen and oxygen atoms in total. The predicted molar refractivity (Wildman–Crippen MR) is 110 cm³/mol. The molecule has 0 unspecified atom stereocenters. The van der Waals surface area contributed by atoms with Crippen molar-refractivity contribution in [1.82, 2.24) is 0 Å². The molecule has 0 bridgehead atoms. The van der Waals surface area contributed by atoms with Gasteiger partial charge in [-0.3, -0.25) is 9.59 Å². The van der Waals surface area contributed by atoms with Crippen molar-refractivity contribution in [2.45, 2.75) is 27.2 Å². The molecule has 7 heteroatoms. The zero-order valence-corrected chi connectivity index (χ0v) is 16.3. The quantitative estimate of drug-likeness (QED) is 0.509. The number of para-hydroxylation sites is 2. The van der Waals surface area contributed by atoms with Crippen LogP contribution in [0.5, 0.6) is 5.75 Å². The topological polar surface area (TPSA) is 89.0 Å². The second-order valence-electron chi connectivity index (χ2n) is 6.10. The molecule has 2 amide bonds. The lowest BCUT2D eigenvalue weighted by molar-refractivity contribution is -0.120. The maximum atomic E-state index is 12.1. The number of carbonyl (C=O) groups is 2. The molecule has 28 heavy (non-hydrogen) atoms. The Hall–Kier alpha value is -3.35. The fraction of sp³-hybridized carbons (Fsp3) is 0.286. The van der Waals surface area contributed by atoms with E-state index in [1.807, 2.05) is 31.2 Å². The first-order valence-electron chi connectivity index (χ1n) is 9.06. The van der Waals surface area contributed by atoms with Crippen LogP contribution in [0.25, 0.3) is 0 Å². The monoisotopic (exact) mass is 383 g/mol. The first kappa shape index (κ1) is 21.0. The van der Waals surface area contributed by atoms with Crippen molar-refractivity contribution in [3.63, 3.8) is 0 Å². The molecule has 0 atom stereocenters. The van der Waals surface area contributed by atoms with Gasteiger partial charge in [0, 0.05) is 12.6 Å². The third kappa shape index (κ3) is 6.75. The third-order valence-electron chi connectivity index (χ3n) is 3.64. The van der Waals surface area contributed by atoms with E-state index in [1.54, 1.807) is 31.2 Å². The van der Waals surface area contributed by atoms with E-state index < -0.39 is 0 Å². The molecule has 2 N–H and O–H groups in total. The highest BCUT2D eigenvalue weighted by molar-refractivity contribution is 5.99. The van der Waals surface area contributed by atoms with Gasteiger partial charge in [-0.25, -0.2) is 0 Å². The van der Waals surface area contributed by atoms with Crippen LogP contribution >= 0.6 is 0 Å². The predicted octanol–water partition coefficient (Wildman–Crippen LogP) is 3.81. The van der Waals surface area contributed by atoms with Gasteiger partial charge in [-0.1, -0.05) is 36.3 Å². The molecule has 0 fully saturated rings. The summed E-state index contributed by atoms with van der Waals surface area (Å²) < 4.78 is 5.61. The van der Waals surface area contributed by atoms with Crippen LogP contribution in [0.2, 0.25) is 0 Å². The van der Waals surface area contributed by atoms with E-state index in [2.05, 4.69) is 15.8 Å². The Balaban J connectivity index is 1.88. The van der Waals surface area contributed by atoms with Gasteiger partial charge in [0.15, 0.2) is 6.61 Å². The van der Waals surface area contributed by atoms with Gasteiger partial charge >= 0.3 is 0 Å². The van der Waals surface area contributed by atoms with Crippen molar-refractivity contribution >= 4 is 28.9 Å². The zero-order valence-electron chi connectivity index (χ0n) is 16.3. The van der Waals surface area contributed by atoms with Gasteiger partial charge in [-0.2, -0.15) is 0 Å². The normalized spacial score (nSPS) is 10.9. The molecular formula is C21H25N3O4. The number of amides is 2. The van der Waals surface area contributed by atoms with Crippen LogP contribution < -0.4 is 15.4 Å². The van der Waals surface area contributed by atoms with Crippen LogP contribution in [0.15, 0.2) is 53.7 Å². The van der Waals surface area contributed by atoms with E-state index in [0.717, 1.165) is 12.0 Å². The van der Waals surface area contributed by atoms with Crippen molar-refractivity contribution in [2.75, 3.05) is 23.8 Å². The molecule has 2 rings (SSSR count). The van der Waals surface area contributed by atoms with Crippen LogP contribution in [0.4, 0.5) is 11.4 Å². The van der Waals surface area contributed by atoms with E-state index in [-0.39, 0.29) is 18.4 Å². The number of carbonyl (C=O) groups excluding carboxylic acids is 2. The average Bonchev–Trinajstić information content (AvgIpc) is 2.67. The Morgan fingerprint density at radius 2 is 1.71 bits per heavy atom. The number of hydrogen-bond donors (Lipinski definition) is 2. The molecule has 0 aliphatic carbocycles. The third-order valence-corrected chi connectivity index (χ3v) is 3.64. The Labute approximate surface area is 164 Å². The molecule has 0 spiro atoms. The van der Waals surface area contributed by atoms with Gasteiger partial charge < -0.3 is 20.2 Å². The van der Waals surface area contributed by atoms with E-state index >= 15 is 0 Å². The van der Waals surface area contributed by atoms with Crippen LogP contribution in [-0.4, -0.2) is 30.7 Å². The first-order valence-corrected chi connectivity index (χ1v) is 9.06. The van der Waals surface area contributed by atoms with Crippen molar-refractivity contribution < 1.29 is 19.2 Å². The second kappa shape index (κ2) is 10.7. The molecule has 0 aliphatic rings. The molecule has 2 aromatic rings. The van der Waals surface area contributed by atoms with Crippen molar-refractivity contribution in [3.8, 4) is 5.75 Å². The highest BCUT2D eigenvalue weighted by atomic mass is 16.6. The van der Waals surface area contributed by atoms with Gasteiger partial charge in [-0.05, 0) is 43.2 Å². The number of hydrogen-bond acceptors (Lipinski definition) is 5. The minimum Gasteiger partial charge on any atom is -0.491 e. The Morgan fingerprint density at radius 1 is 1.00 bits per heavy atom. The number of benzene rings is 2. The number of rotatable bonds is 9. The number of nitrogens with zero attached hydrogens (tertiary/aromatic N) is 1. The minimum absolute atomic E-state index is 0.130. The molecular weight excluding hydrogens is 358 g/mol. The fourth-order valence-corrected chi connectivity index (χ4v) is 2.33. The lowest BCUT2D eigenvalue weighted by Crippen LogP contribution is -2.18. The lowest BCUT2D eigenvalue weighted by Gasteiger charge is -2.11. The number of oxime groups is 1.